The van der Waals surface area contributed by atoms with Crippen LogP contribution in [-0.4, -0.2) is 39.2 Å². The molecule has 0 spiro atoms. The Balaban J connectivity index is 2.13. The van der Waals surface area contributed by atoms with Gasteiger partial charge in [0.05, 0.1) is 12.4 Å². The monoisotopic (exact) mass is 354 g/mol. The highest BCUT2D eigenvalue weighted by Gasteiger charge is 2.20. The maximum absolute atomic E-state index is 12.0. The van der Waals surface area contributed by atoms with Crippen LogP contribution in [0.4, 0.5) is 5.13 Å². The fourth-order valence-corrected chi connectivity index (χ4v) is 3.10. The molecule has 122 valence electrons. The fourth-order valence-electron chi connectivity index (χ4n) is 1.68. The standard InChI is InChI=1S/C13H14N4O4S2/c1-3-21-11(19)9-7(2)15-12(20)17-10(9)23-6-8(18)16-13-14-4-5-22-13/h4-5H,3,6H2,1-2H3,(H,14,16,18)(H,15,17,20). The molecule has 0 unspecified atom stereocenters. The number of nitrogens with one attached hydrogen (secondary N) is 2. The lowest BCUT2D eigenvalue weighted by molar-refractivity contribution is -0.113. The normalized spacial score (nSPS) is 10.3. The molecule has 0 aliphatic rings. The van der Waals surface area contributed by atoms with Gasteiger partial charge in [0, 0.05) is 17.3 Å². The van der Waals surface area contributed by atoms with E-state index >= 15 is 0 Å². The second-order valence-corrected chi connectivity index (χ2v) is 6.10. The van der Waals surface area contributed by atoms with E-state index in [-0.39, 0.29) is 28.9 Å². The maximum Gasteiger partial charge on any atom is 0.346 e. The number of ether oxygens (including phenoxy) is 1. The van der Waals surface area contributed by atoms with Crippen molar-refractivity contribution in [2.45, 2.75) is 18.9 Å². The Morgan fingerprint density at radius 1 is 1.48 bits per heavy atom. The average Bonchev–Trinajstić information content (AvgIpc) is 2.97. The number of aromatic amines is 1. The number of H-pyrrole nitrogens is 1. The van der Waals surface area contributed by atoms with E-state index in [4.69, 9.17) is 4.74 Å². The molecular weight excluding hydrogens is 340 g/mol. The zero-order valence-electron chi connectivity index (χ0n) is 12.4. The number of thioether (sulfide) groups is 1. The second kappa shape index (κ2) is 7.88. The minimum absolute atomic E-state index is 0.0120. The van der Waals surface area contributed by atoms with E-state index in [0.717, 1.165) is 11.8 Å². The molecule has 0 aliphatic carbocycles. The Hall–Kier alpha value is -2.20. The van der Waals surface area contributed by atoms with Crippen molar-refractivity contribution in [2.75, 3.05) is 17.7 Å². The van der Waals surface area contributed by atoms with Gasteiger partial charge in [-0.05, 0) is 13.8 Å². The summed E-state index contributed by atoms with van der Waals surface area (Å²) in [5.74, 6) is -0.905. The first kappa shape index (κ1) is 17.2. The lowest BCUT2D eigenvalue weighted by atomic mass is 10.2. The largest absolute Gasteiger partial charge is 0.462 e. The predicted molar refractivity (Wildman–Crippen MR) is 87.0 cm³/mol. The van der Waals surface area contributed by atoms with Crippen molar-refractivity contribution in [2.24, 2.45) is 0 Å². The molecule has 0 radical (unpaired) electrons. The van der Waals surface area contributed by atoms with Crippen LogP contribution in [0.2, 0.25) is 0 Å². The third-order valence-electron chi connectivity index (χ3n) is 2.58. The van der Waals surface area contributed by atoms with E-state index in [2.05, 4.69) is 20.3 Å². The van der Waals surface area contributed by atoms with Crippen molar-refractivity contribution in [3.05, 3.63) is 33.3 Å². The zero-order valence-corrected chi connectivity index (χ0v) is 14.0. The maximum atomic E-state index is 12.0. The van der Waals surface area contributed by atoms with Crippen molar-refractivity contribution in [1.29, 1.82) is 0 Å². The topological polar surface area (TPSA) is 114 Å². The molecule has 2 heterocycles. The number of aryl methyl sites for hydroxylation is 1. The molecule has 1 amide bonds. The van der Waals surface area contributed by atoms with Gasteiger partial charge in [-0.15, -0.1) is 11.3 Å². The molecule has 0 atom stereocenters. The van der Waals surface area contributed by atoms with E-state index < -0.39 is 11.7 Å². The number of aromatic nitrogens is 3. The molecule has 0 fully saturated rings. The number of rotatable bonds is 6. The summed E-state index contributed by atoms with van der Waals surface area (Å²) in [6.45, 7) is 3.46. The molecule has 0 aromatic carbocycles. The third-order valence-corrected chi connectivity index (χ3v) is 4.25. The van der Waals surface area contributed by atoms with Gasteiger partial charge in [0.15, 0.2) is 5.13 Å². The Kier molecular flexibility index (Phi) is 5.88. The number of esters is 1. The number of carbonyl (C=O) groups is 2. The summed E-state index contributed by atoms with van der Waals surface area (Å²) in [5.41, 5.74) is -0.0665. The predicted octanol–water partition coefficient (Wildman–Crippen LogP) is 1.44. The van der Waals surface area contributed by atoms with Gasteiger partial charge in [-0.2, -0.15) is 4.98 Å². The first-order valence-corrected chi connectivity index (χ1v) is 8.48. The quantitative estimate of drug-likeness (QED) is 0.458. The van der Waals surface area contributed by atoms with Crippen molar-refractivity contribution >= 4 is 40.1 Å². The Morgan fingerprint density at radius 3 is 2.91 bits per heavy atom. The number of anilines is 1. The second-order valence-electron chi connectivity index (χ2n) is 4.24. The average molecular weight is 354 g/mol. The smallest absolute Gasteiger partial charge is 0.346 e. The van der Waals surface area contributed by atoms with Gasteiger partial charge < -0.3 is 15.0 Å². The summed E-state index contributed by atoms with van der Waals surface area (Å²) < 4.78 is 4.96. The SMILES string of the molecule is CCOC(=O)c1c(SCC(=O)Nc2nccs2)nc(=O)[nH]c1C. The molecular formula is C13H14N4O4S2. The van der Waals surface area contributed by atoms with E-state index in [9.17, 15) is 14.4 Å². The van der Waals surface area contributed by atoms with Crippen molar-refractivity contribution < 1.29 is 14.3 Å². The molecule has 10 heteroatoms. The highest BCUT2D eigenvalue weighted by Crippen LogP contribution is 2.22. The van der Waals surface area contributed by atoms with Crippen LogP contribution in [-0.2, 0) is 9.53 Å². The third kappa shape index (κ3) is 4.63. The zero-order chi connectivity index (χ0) is 16.8. The van der Waals surface area contributed by atoms with Gasteiger partial charge in [0.25, 0.3) is 0 Å². The van der Waals surface area contributed by atoms with Gasteiger partial charge in [-0.3, -0.25) is 4.79 Å². The van der Waals surface area contributed by atoms with Gasteiger partial charge in [-0.25, -0.2) is 14.6 Å². The van der Waals surface area contributed by atoms with Crippen LogP contribution in [0.5, 0.6) is 0 Å². The first-order valence-electron chi connectivity index (χ1n) is 6.61. The highest BCUT2D eigenvalue weighted by atomic mass is 32.2. The molecule has 2 aromatic heterocycles. The molecule has 0 bridgehead atoms. The van der Waals surface area contributed by atoms with Crippen LogP contribution in [0.15, 0.2) is 21.4 Å². The van der Waals surface area contributed by atoms with Gasteiger partial charge in [0.1, 0.15) is 10.6 Å². The van der Waals surface area contributed by atoms with Crippen molar-refractivity contribution in [3.63, 3.8) is 0 Å². The molecule has 23 heavy (non-hydrogen) atoms. The number of nitrogens with zero attached hydrogens (tertiary/aromatic N) is 2. The number of carbonyl (C=O) groups excluding carboxylic acids is 2. The van der Waals surface area contributed by atoms with Crippen LogP contribution in [0.3, 0.4) is 0 Å². The van der Waals surface area contributed by atoms with Crippen molar-refractivity contribution in [1.82, 2.24) is 15.0 Å². The van der Waals surface area contributed by atoms with Gasteiger partial charge in [-0.1, -0.05) is 11.8 Å². The summed E-state index contributed by atoms with van der Waals surface area (Å²) >= 11 is 2.29. The van der Waals surface area contributed by atoms with Crippen LogP contribution in [0.1, 0.15) is 23.0 Å². The highest BCUT2D eigenvalue weighted by molar-refractivity contribution is 8.00. The van der Waals surface area contributed by atoms with E-state index in [0.29, 0.717) is 10.8 Å². The van der Waals surface area contributed by atoms with E-state index in [1.807, 2.05) is 0 Å². The number of hydrogen-bond acceptors (Lipinski definition) is 8. The summed E-state index contributed by atoms with van der Waals surface area (Å²) in [5, 5.41) is 5.00. The number of hydrogen-bond donors (Lipinski definition) is 2. The summed E-state index contributed by atoms with van der Waals surface area (Å²) in [6.07, 6.45) is 1.58. The number of thiazole rings is 1. The lowest BCUT2D eigenvalue weighted by Gasteiger charge is -2.09. The minimum Gasteiger partial charge on any atom is -0.462 e. The minimum atomic E-state index is -0.586. The molecule has 0 saturated carbocycles. The Bertz CT molecular complexity index is 758. The fraction of sp³-hybridized carbons (Fsp3) is 0.308. The summed E-state index contributed by atoms with van der Waals surface area (Å²) in [7, 11) is 0. The van der Waals surface area contributed by atoms with Crippen LogP contribution < -0.4 is 11.0 Å². The lowest BCUT2D eigenvalue weighted by Crippen LogP contribution is -2.21. The molecule has 0 aliphatic heterocycles. The summed E-state index contributed by atoms with van der Waals surface area (Å²) in [4.78, 5) is 45.5. The van der Waals surface area contributed by atoms with E-state index in [1.54, 1.807) is 25.4 Å². The number of amides is 1. The van der Waals surface area contributed by atoms with Crippen LogP contribution in [0.25, 0.3) is 0 Å². The van der Waals surface area contributed by atoms with E-state index in [1.165, 1.54) is 11.3 Å². The molecule has 2 N–H and O–H groups in total. The molecule has 2 aromatic rings. The Morgan fingerprint density at radius 2 is 2.26 bits per heavy atom. The molecule has 0 saturated heterocycles. The Labute approximate surface area is 139 Å². The van der Waals surface area contributed by atoms with Crippen LogP contribution in [0, 0.1) is 6.92 Å². The van der Waals surface area contributed by atoms with Crippen LogP contribution >= 0.6 is 23.1 Å². The summed E-state index contributed by atoms with van der Waals surface area (Å²) in [6, 6.07) is 0. The molecule has 8 nitrogen and oxygen atoms in total. The van der Waals surface area contributed by atoms with Gasteiger partial charge in [0.2, 0.25) is 5.91 Å². The van der Waals surface area contributed by atoms with Gasteiger partial charge >= 0.3 is 11.7 Å². The molecule has 2 rings (SSSR count). The first-order chi connectivity index (χ1) is 11.0. The van der Waals surface area contributed by atoms with Crippen molar-refractivity contribution in [3.8, 4) is 0 Å².